The van der Waals surface area contributed by atoms with Crippen molar-refractivity contribution in [3.8, 4) is 11.5 Å². The van der Waals surface area contributed by atoms with Crippen LogP contribution in [0.4, 0.5) is 0 Å². The average molecular weight is 1120 g/mol. The standard InChI is InChI=1S/C31H44N8O8.C9H10ClNO.C8H9NO.C6H10O.C2H6O/c1-34-25(15-20-7-11-22(41)12-8-20)31(47)37-18-28(44)38-23(4-2-3-13-32)30(46)36-16-26(42)35-17-27(43)39-24(29(33)45)14-19-5-9-21(40)10-6-19;10-8-4-1-7(2-5-8)3-6-9(11)12;1-6-2-4-7(5-3-6)8(9)10;1-2-3-4-5-6-7;1-2-3/h5-12,23-25,34,40-41H,2-4,13-18,32H2,1H3,(H2,33,45)(H,35,42)(H,36,46)(H,37,47)(H,38,44)(H,39,43);1-2,4-5H,3,6H2,(H2,11,12);2-5H,1H3,(H2,9,10);2-3,6H,4-5H2,1H3;3H,2H2,1H3/b;;;3-2+;. The summed E-state index contributed by atoms with van der Waals surface area (Å²) in [6.07, 6.45) is 9.18. The third-order valence-electron chi connectivity index (χ3n) is 10.6. The fraction of sp³-hybridized carbons (Fsp3) is 0.375. The van der Waals surface area contributed by atoms with Crippen LogP contribution < -0.4 is 54.8 Å². The molecule has 0 aliphatic heterocycles. The third-order valence-corrected chi connectivity index (χ3v) is 10.8. The highest BCUT2D eigenvalue weighted by molar-refractivity contribution is 6.30. The molecule has 0 saturated carbocycles. The number of phenols is 2. The van der Waals surface area contributed by atoms with Crippen molar-refractivity contribution in [3.05, 3.63) is 142 Å². The molecular weight excluding hydrogens is 1040 g/mol. The normalized spacial score (nSPS) is 11.2. The number of phenolic OH excluding ortho intramolecular Hbond substituents is 2. The van der Waals surface area contributed by atoms with Gasteiger partial charge in [-0.05, 0) is 138 Å². The highest BCUT2D eigenvalue weighted by Crippen LogP contribution is 2.13. The Morgan fingerprint density at radius 2 is 1.10 bits per heavy atom. The van der Waals surface area contributed by atoms with Crippen molar-refractivity contribution < 1.29 is 58.5 Å². The number of aliphatic hydroxyl groups is 1. The fourth-order valence-corrected chi connectivity index (χ4v) is 6.45. The van der Waals surface area contributed by atoms with Gasteiger partial charge >= 0.3 is 0 Å². The number of benzene rings is 4. The second kappa shape index (κ2) is 42.9. The maximum Gasteiger partial charge on any atom is 0.248 e. The number of hydrogen-bond donors (Lipinski definition) is 13. The van der Waals surface area contributed by atoms with Gasteiger partial charge in [-0.25, -0.2) is 0 Å². The number of primary amides is 3. The van der Waals surface area contributed by atoms with Crippen LogP contribution in [0.5, 0.6) is 11.5 Å². The molecule has 432 valence electrons. The predicted molar refractivity (Wildman–Crippen MR) is 303 cm³/mol. The Kier molecular flexibility index (Phi) is 38.4. The van der Waals surface area contributed by atoms with E-state index in [1.54, 1.807) is 62.5 Å². The number of hydrogen-bond acceptors (Lipinski definition) is 14. The van der Waals surface area contributed by atoms with E-state index in [1.807, 2.05) is 50.3 Å². The number of amides is 8. The van der Waals surface area contributed by atoms with E-state index in [1.165, 1.54) is 24.3 Å². The summed E-state index contributed by atoms with van der Waals surface area (Å²) in [5.74, 6) is -4.40. The molecule has 22 nitrogen and oxygen atoms in total. The average Bonchev–Trinajstić information content (AvgIpc) is 3.42. The second-order valence-corrected chi connectivity index (χ2v) is 17.6. The molecule has 0 heterocycles. The summed E-state index contributed by atoms with van der Waals surface area (Å²) in [5, 5.41) is 42.3. The Hall–Kier alpha value is -8.18. The smallest absolute Gasteiger partial charge is 0.248 e. The van der Waals surface area contributed by atoms with Gasteiger partial charge in [-0.3, -0.25) is 38.4 Å². The lowest BCUT2D eigenvalue weighted by Crippen LogP contribution is -2.53. The first-order chi connectivity index (χ1) is 37.6. The molecule has 79 heavy (non-hydrogen) atoms. The summed E-state index contributed by atoms with van der Waals surface area (Å²) in [5.41, 5.74) is 25.2. The van der Waals surface area contributed by atoms with Gasteiger partial charge in [0.1, 0.15) is 29.9 Å². The van der Waals surface area contributed by atoms with Crippen molar-refractivity contribution in [1.29, 1.82) is 0 Å². The number of halogens is 1. The van der Waals surface area contributed by atoms with E-state index < -0.39 is 73.2 Å². The molecule has 0 bridgehead atoms. The van der Waals surface area contributed by atoms with E-state index in [-0.39, 0.29) is 42.8 Å². The largest absolute Gasteiger partial charge is 0.508 e. The number of nitrogens with two attached hydrogens (primary N) is 4. The minimum Gasteiger partial charge on any atom is -0.508 e. The van der Waals surface area contributed by atoms with Crippen LogP contribution in [0.2, 0.25) is 5.02 Å². The zero-order valence-corrected chi connectivity index (χ0v) is 46.1. The Morgan fingerprint density at radius 3 is 1.56 bits per heavy atom. The van der Waals surface area contributed by atoms with Gasteiger partial charge in [0, 0.05) is 36.5 Å². The number of aldehydes is 1. The number of aromatic hydroxyl groups is 2. The van der Waals surface area contributed by atoms with Crippen molar-refractivity contribution in [2.24, 2.45) is 22.9 Å². The summed E-state index contributed by atoms with van der Waals surface area (Å²) in [7, 11) is 1.60. The van der Waals surface area contributed by atoms with E-state index in [2.05, 4.69) is 31.9 Å². The first-order valence-corrected chi connectivity index (χ1v) is 25.7. The maximum absolute atomic E-state index is 12.9. The van der Waals surface area contributed by atoms with Gasteiger partial charge in [-0.15, -0.1) is 0 Å². The Labute approximate surface area is 466 Å². The van der Waals surface area contributed by atoms with Gasteiger partial charge in [0.15, 0.2) is 0 Å². The molecule has 0 aromatic heterocycles. The van der Waals surface area contributed by atoms with Crippen LogP contribution >= 0.6 is 11.6 Å². The van der Waals surface area contributed by atoms with Gasteiger partial charge in [-0.2, -0.15) is 0 Å². The van der Waals surface area contributed by atoms with Crippen molar-refractivity contribution in [2.75, 3.05) is 39.8 Å². The van der Waals surface area contributed by atoms with Gasteiger partial charge in [0.2, 0.25) is 47.3 Å². The number of unbranched alkanes of at least 4 members (excludes halogenated alkanes) is 2. The Morgan fingerprint density at radius 1 is 0.633 bits per heavy atom. The van der Waals surface area contributed by atoms with E-state index in [4.69, 9.17) is 39.6 Å². The maximum atomic E-state index is 12.9. The highest BCUT2D eigenvalue weighted by Gasteiger charge is 2.24. The van der Waals surface area contributed by atoms with Crippen molar-refractivity contribution in [2.45, 2.75) is 96.7 Å². The molecule has 4 aromatic rings. The Balaban J connectivity index is 0.00000151. The zero-order valence-electron chi connectivity index (χ0n) is 45.3. The number of nitrogens with one attached hydrogen (secondary N) is 6. The number of aryl methyl sites for hydroxylation is 2. The first-order valence-electron chi connectivity index (χ1n) is 25.3. The van der Waals surface area contributed by atoms with Crippen molar-refractivity contribution >= 4 is 65.1 Å². The first kappa shape index (κ1) is 70.8. The summed E-state index contributed by atoms with van der Waals surface area (Å²) in [4.78, 5) is 105. The molecule has 23 heteroatoms. The molecule has 0 fully saturated rings. The molecule has 4 aromatic carbocycles. The van der Waals surface area contributed by atoms with Gasteiger partial charge in [0.25, 0.3) is 0 Å². The molecule has 3 unspecified atom stereocenters. The third kappa shape index (κ3) is 35.7. The number of rotatable bonds is 27. The van der Waals surface area contributed by atoms with Gasteiger partial charge in [0.05, 0.1) is 25.7 Å². The number of carbonyl (C=O) groups excluding carboxylic acids is 9. The highest BCUT2D eigenvalue weighted by atomic mass is 35.5. The van der Waals surface area contributed by atoms with Gasteiger partial charge in [-0.1, -0.05) is 77.8 Å². The van der Waals surface area contributed by atoms with E-state index in [0.29, 0.717) is 61.2 Å². The quantitative estimate of drug-likeness (QED) is 0.0230. The predicted octanol–water partition coefficient (Wildman–Crippen LogP) is 1.80. The zero-order chi connectivity index (χ0) is 59.5. The van der Waals surface area contributed by atoms with E-state index in [9.17, 15) is 53.4 Å². The van der Waals surface area contributed by atoms with Crippen molar-refractivity contribution in [3.63, 3.8) is 0 Å². The van der Waals surface area contributed by atoms with Crippen LogP contribution in [0.25, 0.3) is 0 Å². The number of allylic oxidation sites excluding steroid dienone is 2. The van der Waals surface area contributed by atoms with E-state index in [0.717, 1.165) is 29.4 Å². The number of likely N-dealkylation sites (N-methyl/N-ethyl adjacent to an activating group) is 1. The summed E-state index contributed by atoms with van der Waals surface area (Å²) < 4.78 is 0. The molecule has 0 aliphatic rings. The minimum absolute atomic E-state index is 0.0399. The molecule has 3 atom stereocenters. The summed E-state index contributed by atoms with van der Waals surface area (Å²) in [6, 6.07) is 24.2. The van der Waals surface area contributed by atoms with Crippen LogP contribution in [0.15, 0.2) is 109 Å². The van der Waals surface area contributed by atoms with Gasteiger partial charge < -0.3 is 74.9 Å². The number of aliphatic hydroxyl groups excluding tert-OH is 1. The monoisotopic (exact) mass is 1120 g/mol. The van der Waals surface area contributed by atoms with Crippen LogP contribution in [-0.2, 0) is 57.6 Å². The molecule has 0 saturated heterocycles. The topological polar surface area (TPSA) is 391 Å². The minimum atomic E-state index is -1.06. The molecular formula is C56H79ClN10O12. The van der Waals surface area contributed by atoms with Crippen molar-refractivity contribution in [1.82, 2.24) is 31.9 Å². The molecule has 0 radical (unpaired) electrons. The molecule has 17 N–H and O–H groups in total. The Bertz CT molecular complexity index is 2480. The molecule has 0 aliphatic carbocycles. The lowest BCUT2D eigenvalue weighted by atomic mass is 10.1. The van der Waals surface area contributed by atoms with Crippen LogP contribution in [0.3, 0.4) is 0 Å². The fourth-order valence-electron chi connectivity index (χ4n) is 6.33. The lowest BCUT2D eigenvalue weighted by molar-refractivity contribution is -0.131. The SMILES string of the molecule is C/C=C/CCC=O.CCO.CNC(Cc1ccc(O)cc1)C(=O)NCC(=O)NC(CCCCN)C(=O)NCC(=O)NCC(=O)NC(Cc1ccc(O)cc1)C(N)=O.Cc1ccc(C(N)=O)cc1.NC(=O)CCc1ccc(Cl)cc1. The van der Waals surface area contributed by atoms with Crippen LogP contribution in [0, 0.1) is 6.92 Å². The molecule has 8 amide bonds. The number of carbonyl (C=O) groups is 9. The second-order valence-electron chi connectivity index (χ2n) is 17.2. The lowest BCUT2D eigenvalue weighted by Gasteiger charge is -2.20. The van der Waals surface area contributed by atoms with Crippen LogP contribution in [-0.4, -0.2) is 127 Å². The van der Waals surface area contributed by atoms with Crippen LogP contribution in [0.1, 0.15) is 85.0 Å². The van der Waals surface area contributed by atoms with E-state index >= 15 is 0 Å². The molecule has 0 spiro atoms. The summed E-state index contributed by atoms with van der Waals surface area (Å²) in [6.45, 7) is 4.82. The summed E-state index contributed by atoms with van der Waals surface area (Å²) >= 11 is 5.68. The molecule has 4 rings (SSSR count).